The maximum Gasteiger partial charge on any atom is 0.350 e. The molecule has 0 radical (unpaired) electrons. The van der Waals surface area contributed by atoms with Gasteiger partial charge in [0.25, 0.3) is 5.22 Å². The molecule has 126 valence electrons. The Hall–Kier alpha value is -2.39. The minimum Gasteiger partial charge on any atom is -0.411 e. The van der Waals surface area contributed by atoms with Crippen molar-refractivity contribution in [3.05, 3.63) is 63.6 Å². The molecule has 0 unspecified atom stereocenters. The summed E-state index contributed by atoms with van der Waals surface area (Å²) in [6.45, 7) is 0.458. The zero-order chi connectivity index (χ0) is 17.2. The summed E-state index contributed by atoms with van der Waals surface area (Å²) in [5.41, 5.74) is 1.33. The van der Waals surface area contributed by atoms with E-state index in [1.807, 2.05) is 30.3 Å². The monoisotopic (exact) mass is 417 g/mol. The first-order valence-corrected chi connectivity index (χ1v) is 9.25. The first kappa shape index (κ1) is 16.1. The van der Waals surface area contributed by atoms with Gasteiger partial charge in [-0.3, -0.25) is 4.40 Å². The number of hydrogen-bond donors (Lipinski definition) is 0. The summed E-state index contributed by atoms with van der Waals surface area (Å²) < 4.78 is 9.56. The van der Waals surface area contributed by atoms with Gasteiger partial charge in [0.2, 0.25) is 5.89 Å². The van der Waals surface area contributed by atoms with E-state index in [1.54, 1.807) is 18.3 Å². The van der Waals surface area contributed by atoms with Crippen molar-refractivity contribution < 1.29 is 4.42 Å². The molecule has 0 atom stereocenters. The van der Waals surface area contributed by atoms with Gasteiger partial charge >= 0.3 is 5.69 Å². The molecular formula is C16H12BrN5O2S. The third-order valence-corrected chi connectivity index (χ3v) is 4.79. The lowest BCUT2D eigenvalue weighted by Gasteiger charge is -1.97. The Morgan fingerprint density at radius 1 is 1.16 bits per heavy atom. The van der Waals surface area contributed by atoms with E-state index in [-0.39, 0.29) is 5.69 Å². The van der Waals surface area contributed by atoms with Crippen LogP contribution < -0.4 is 5.69 Å². The molecule has 0 aliphatic carbocycles. The number of rotatable bonds is 5. The summed E-state index contributed by atoms with van der Waals surface area (Å²) in [7, 11) is 0. The zero-order valence-electron chi connectivity index (χ0n) is 12.9. The van der Waals surface area contributed by atoms with Crippen molar-refractivity contribution in [2.75, 3.05) is 5.75 Å². The Labute approximate surface area is 154 Å². The summed E-state index contributed by atoms with van der Waals surface area (Å²) in [4.78, 5) is 12.2. The summed E-state index contributed by atoms with van der Waals surface area (Å²) >= 11 is 4.81. The molecule has 7 nitrogen and oxygen atoms in total. The van der Waals surface area contributed by atoms with Crippen LogP contribution in [0.15, 0.2) is 67.6 Å². The van der Waals surface area contributed by atoms with E-state index >= 15 is 0 Å². The summed E-state index contributed by atoms with van der Waals surface area (Å²) in [6, 6.07) is 13.1. The van der Waals surface area contributed by atoms with Gasteiger partial charge in [-0.1, -0.05) is 39.8 Å². The predicted octanol–water partition coefficient (Wildman–Crippen LogP) is 3.10. The lowest BCUT2D eigenvalue weighted by Crippen LogP contribution is -2.21. The van der Waals surface area contributed by atoms with E-state index in [0.29, 0.717) is 29.1 Å². The van der Waals surface area contributed by atoms with Crippen LogP contribution in [0.1, 0.15) is 0 Å². The molecule has 9 heteroatoms. The van der Waals surface area contributed by atoms with E-state index in [9.17, 15) is 4.79 Å². The Balaban J connectivity index is 1.43. The second-order valence-electron chi connectivity index (χ2n) is 5.17. The predicted molar refractivity (Wildman–Crippen MR) is 97.6 cm³/mol. The molecule has 3 aromatic heterocycles. The van der Waals surface area contributed by atoms with Gasteiger partial charge in [-0.15, -0.1) is 15.3 Å². The molecule has 0 saturated carbocycles. The number of fused-ring (bicyclic) bond motifs is 1. The Kier molecular flexibility index (Phi) is 4.41. The molecule has 4 rings (SSSR count). The SMILES string of the molecule is O=c1n(CCSc2nnc(-c3cccc(Br)c3)o2)nc2ccccn12. The smallest absolute Gasteiger partial charge is 0.350 e. The van der Waals surface area contributed by atoms with Crippen LogP contribution in [0.3, 0.4) is 0 Å². The van der Waals surface area contributed by atoms with E-state index < -0.39 is 0 Å². The summed E-state index contributed by atoms with van der Waals surface area (Å²) in [5.74, 6) is 1.07. The summed E-state index contributed by atoms with van der Waals surface area (Å²) in [6.07, 6.45) is 1.70. The number of aromatic nitrogens is 5. The number of hydrogen-bond acceptors (Lipinski definition) is 6. The van der Waals surface area contributed by atoms with Crippen LogP contribution in [-0.4, -0.2) is 30.1 Å². The molecule has 0 spiro atoms. The molecule has 0 aliphatic heterocycles. The molecule has 0 saturated heterocycles. The average molecular weight is 418 g/mol. The Morgan fingerprint density at radius 2 is 2.08 bits per heavy atom. The van der Waals surface area contributed by atoms with Crippen molar-refractivity contribution in [2.24, 2.45) is 0 Å². The van der Waals surface area contributed by atoms with Crippen molar-refractivity contribution in [3.8, 4) is 11.5 Å². The second-order valence-corrected chi connectivity index (χ2v) is 7.13. The minimum atomic E-state index is -0.156. The molecule has 0 aliphatic rings. The van der Waals surface area contributed by atoms with E-state index in [4.69, 9.17) is 4.42 Å². The van der Waals surface area contributed by atoms with Gasteiger partial charge in [-0.25, -0.2) is 9.48 Å². The number of nitrogens with zero attached hydrogens (tertiary/aromatic N) is 5. The highest BCUT2D eigenvalue weighted by molar-refractivity contribution is 9.10. The molecule has 4 aromatic rings. The Bertz CT molecular complexity index is 1090. The lowest BCUT2D eigenvalue weighted by atomic mass is 10.2. The minimum absolute atomic E-state index is 0.156. The number of pyridine rings is 1. The summed E-state index contributed by atoms with van der Waals surface area (Å²) in [5, 5.41) is 12.8. The Morgan fingerprint density at radius 3 is 2.92 bits per heavy atom. The molecule has 0 bridgehead atoms. The van der Waals surface area contributed by atoms with Gasteiger partial charge in [0.1, 0.15) is 0 Å². The van der Waals surface area contributed by atoms with Crippen LogP contribution in [0.25, 0.3) is 17.1 Å². The number of thioether (sulfide) groups is 1. The van der Waals surface area contributed by atoms with Gasteiger partial charge < -0.3 is 4.42 Å². The maximum atomic E-state index is 12.2. The largest absolute Gasteiger partial charge is 0.411 e. The van der Waals surface area contributed by atoms with Gasteiger partial charge in [0, 0.05) is 22.0 Å². The van der Waals surface area contributed by atoms with Crippen LogP contribution in [-0.2, 0) is 6.54 Å². The molecule has 0 fully saturated rings. The topological polar surface area (TPSA) is 78.2 Å². The molecular weight excluding hydrogens is 406 g/mol. The van der Waals surface area contributed by atoms with Crippen LogP contribution in [0, 0.1) is 0 Å². The van der Waals surface area contributed by atoms with Gasteiger partial charge in [-0.2, -0.15) is 0 Å². The van der Waals surface area contributed by atoms with E-state index in [2.05, 4.69) is 31.2 Å². The molecule has 3 heterocycles. The fraction of sp³-hybridized carbons (Fsp3) is 0.125. The zero-order valence-corrected chi connectivity index (χ0v) is 15.3. The van der Waals surface area contributed by atoms with Crippen LogP contribution in [0.4, 0.5) is 0 Å². The van der Waals surface area contributed by atoms with Crippen molar-refractivity contribution >= 4 is 33.3 Å². The lowest BCUT2D eigenvalue weighted by molar-refractivity contribution is 0.465. The van der Waals surface area contributed by atoms with Crippen molar-refractivity contribution in [1.29, 1.82) is 0 Å². The van der Waals surface area contributed by atoms with E-state index in [0.717, 1.165) is 10.0 Å². The second kappa shape index (κ2) is 6.85. The highest BCUT2D eigenvalue weighted by atomic mass is 79.9. The van der Waals surface area contributed by atoms with Gasteiger partial charge in [0.05, 0.1) is 6.54 Å². The van der Waals surface area contributed by atoms with Crippen LogP contribution >= 0.6 is 27.7 Å². The number of benzene rings is 1. The highest BCUT2D eigenvalue weighted by Gasteiger charge is 2.10. The molecule has 25 heavy (non-hydrogen) atoms. The standard InChI is InChI=1S/C16H12BrN5O2S/c17-12-5-3-4-11(10-12)14-18-19-15(24-14)25-9-8-22-16(23)21-7-2-1-6-13(21)20-22/h1-7,10H,8-9H2. The van der Waals surface area contributed by atoms with Crippen LogP contribution in [0.5, 0.6) is 0 Å². The fourth-order valence-corrected chi connectivity index (χ4v) is 3.41. The molecule has 1 aromatic carbocycles. The van der Waals surface area contributed by atoms with Gasteiger partial charge in [0.15, 0.2) is 5.65 Å². The number of halogens is 1. The average Bonchev–Trinajstić information content (AvgIpc) is 3.21. The highest BCUT2D eigenvalue weighted by Crippen LogP contribution is 2.25. The van der Waals surface area contributed by atoms with Crippen molar-refractivity contribution in [2.45, 2.75) is 11.8 Å². The van der Waals surface area contributed by atoms with Crippen LogP contribution in [0.2, 0.25) is 0 Å². The van der Waals surface area contributed by atoms with Crippen molar-refractivity contribution in [1.82, 2.24) is 24.4 Å². The quantitative estimate of drug-likeness (QED) is 0.464. The molecule has 0 amide bonds. The third-order valence-electron chi connectivity index (χ3n) is 3.50. The fourth-order valence-electron chi connectivity index (χ4n) is 2.34. The third kappa shape index (κ3) is 3.38. The van der Waals surface area contributed by atoms with Gasteiger partial charge in [-0.05, 0) is 30.3 Å². The molecule has 0 N–H and O–H groups in total. The maximum absolute atomic E-state index is 12.2. The van der Waals surface area contributed by atoms with Crippen molar-refractivity contribution in [3.63, 3.8) is 0 Å². The normalized spacial score (nSPS) is 11.2. The first-order chi connectivity index (χ1) is 12.2. The van der Waals surface area contributed by atoms with E-state index in [1.165, 1.54) is 20.8 Å². The number of aryl methyl sites for hydroxylation is 1. The first-order valence-electron chi connectivity index (χ1n) is 7.47.